The first-order chi connectivity index (χ1) is 13.2. The fraction of sp³-hybridized carbons (Fsp3) is 0.409. The minimum atomic E-state index is -0.290. The Labute approximate surface area is 157 Å². The molecule has 5 heteroatoms. The number of hydrogen-bond donors (Lipinski definition) is 0. The summed E-state index contributed by atoms with van der Waals surface area (Å²) in [6.07, 6.45) is 5.14. The lowest BCUT2D eigenvalue weighted by Crippen LogP contribution is -2.51. The SMILES string of the molecule is Fc1ccc2c(CCCN3CCC[C@@]4(Cc5ccccc5O4)C3)noc2c1. The van der Waals surface area contributed by atoms with E-state index in [4.69, 9.17) is 9.26 Å². The maximum absolute atomic E-state index is 13.3. The van der Waals surface area contributed by atoms with Crippen LogP contribution in [0, 0.1) is 5.82 Å². The minimum absolute atomic E-state index is 0.0555. The molecule has 140 valence electrons. The molecule has 5 rings (SSSR count). The van der Waals surface area contributed by atoms with E-state index in [1.54, 1.807) is 6.07 Å². The highest BCUT2D eigenvalue weighted by Crippen LogP contribution is 2.39. The first-order valence-electron chi connectivity index (χ1n) is 9.74. The molecule has 1 saturated heterocycles. The van der Waals surface area contributed by atoms with Crippen LogP contribution in [0.1, 0.15) is 30.5 Å². The number of halogens is 1. The van der Waals surface area contributed by atoms with Crippen molar-refractivity contribution in [1.29, 1.82) is 0 Å². The molecular formula is C22H23FN2O2. The molecule has 2 aliphatic heterocycles. The minimum Gasteiger partial charge on any atom is -0.485 e. The lowest BCUT2D eigenvalue weighted by Gasteiger charge is -2.39. The molecule has 0 unspecified atom stereocenters. The van der Waals surface area contributed by atoms with Crippen molar-refractivity contribution in [3.05, 3.63) is 59.5 Å². The van der Waals surface area contributed by atoms with Gasteiger partial charge in [-0.15, -0.1) is 0 Å². The highest BCUT2D eigenvalue weighted by atomic mass is 19.1. The molecule has 1 aromatic heterocycles. The van der Waals surface area contributed by atoms with Gasteiger partial charge in [-0.25, -0.2) is 4.39 Å². The molecule has 4 nitrogen and oxygen atoms in total. The number of para-hydroxylation sites is 1. The standard InChI is InChI=1S/C22H23FN2O2/c23-17-8-9-18-19(24-27-21(18)13-17)6-3-11-25-12-4-10-22(15-25)14-16-5-1-2-7-20(16)26-22/h1-2,5,7-9,13H,3-4,6,10-12,14-15H2/t22-/m1/s1. The summed E-state index contributed by atoms with van der Waals surface area (Å²) >= 11 is 0. The molecule has 27 heavy (non-hydrogen) atoms. The van der Waals surface area contributed by atoms with Crippen LogP contribution in [0.5, 0.6) is 5.75 Å². The number of aromatic nitrogens is 1. The molecule has 0 bridgehead atoms. The second-order valence-electron chi connectivity index (χ2n) is 7.82. The summed E-state index contributed by atoms with van der Waals surface area (Å²) in [6, 6.07) is 13.0. The molecule has 1 fully saturated rings. The van der Waals surface area contributed by atoms with Crippen LogP contribution >= 0.6 is 0 Å². The van der Waals surface area contributed by atoms with Crippen molar-refractivity contribution in [3.8, 4) is 5.75 Å². The number of aryl methyl sites for hydroxylation is 1. The Morgan fingerprint density at radius 3 is 3.04 bits per heavy atom. The number of benzene rings is 2. The Morgan fingerprint density at radius 1 is 1.19 bits per heavy atom. The van der Waals surface area contributed by atoms with Crippen LogP contribution in [0.4, 0.5) is 4.39 Å². The van der Waals surface area contributed by atoms with E-state index in [0.29, 0.717) is 5.58 Å². The van der Waals surface area contributed by atoms with Gasteiger partial charge in [-0.1, -0.05) is 23.4 Å². The quantitative estimate of drug-likeness (QED) is 0.687. The average molecular weight is 366 g/mol. The zero-order valence-corrected chi connectivity index (χ0v) is 15.3. The van der Waals surface area contributed by atoms with Gasteiger partial charge < -0.3 is 9.26 Å². The van der Waals surface area contributed by atoms with Crippen LogP contribution in [-0.4, -0.2) is 35.3 Å². The van der Waals surface area contributed by atoms with E-state index >= 15 is 0 Å². The molecule has 1 atom stereocenters. The summed E-state index contributed by atoms with van der Waals surface area (Å²) in [4.78, 5) is 2.51. The van der Waals surface area contributed by atoms with Crippen LogP contribution in [0.15, 0.2) is 47.0 Å². The van der Waals surface area contributed by atoms with Crippen molar-refractivity contribution in [3.63, 3.8) is 0 Å². The van der Waals surface area contributed by atoms with Crippen LogP contribution in [-0.2, 0) is 12.8 Å². The average Bonchev–Trinajstić information content (AvgIpc) is 3.22. The van der Waals surface area contributed by atoms with Gasteiger partial charge in [-0.05, 0) is 62.5 Å². The molecule has 2 aliphatic rings. The predicted octanol–water partition coefficient (Wildman–Crippen LogP) is 4.37. The molecule has 0 amide bonds. The van der Waals surface area contributed by atoms with Gasteiger partial charge in [0.05, 0.1) is 5.69 Å². The number of likely N-dealkylation sites (tertiary alicyclic amines) is 1. The summed E-state index contributed by atoms with van der Waals surface area (Å²) in [7, 11) is 0. The van der Waals surface area contributed by atoms with Gasteiger partial charge in [0.1, 0.15) is 17.2 Å². The molecule has 1 spiro atoms. The van der Waals surface area contributed by atoms with E-state index in [2.05, 4.69) is 28.3 Å². The van der Waals surface area contributed by atoms with Crippen molar-refractivity contribution >= 4 is 11.0 Å². The second-order valence-corrected chi connectivity index (χ2v) is 7.82. The van der Waals surface area contributed by atoms with E-state index in [1.165, 1.54) is 24.1 Å². The lowest BCUT2D eigenvalue weighted by molar-refractivity contribution is 0.00799. The predicted molar refractivity (Wildman–Crippen MR) is 101 cm³/mol. The number of nitrogens with zero attached hydrogens (tertiary/aromatic N) is 2. The summed E-state index contributed by atoms with van der Waals surface area (Å²) in [5.41, 5.74) is 2.72. The Hall–Kier alpha value is -2.40. The zero-order valence-electron chi connectivity index (χ0n) is 15.3. The smallest absolute Gasteiger partial charge is 0.170 e. The van der Waals surface area contributed by atoms with E-state index in [1.807, 2.05) is 6.07 Å². The monoisotopic (exact) mass is 366 g/mol. The maximum Gasteiger partial charge on any atom is 0.170 e. The second kappa shape index (κ2) is 6.64. The van der Waals surface area contributed by atoms with Gasteiger partial charge >= 0.3 is 0 Å². The van der Waals surface area contributed by atoms with Crippen molar-refractivity contribution in [1.82, 2.24) is 10.1 Å². The maximum atomic E-state index is 13.3. The normalized spacial score (nSPS) is 22.3. The first kappa shape index (κ1) is 16.8. The first-order valence-corrected chi connectivity index (χ1v) is 9.74. The Kier molecular flexibility index (Phi) is 4.12. The molecule has 3 aromatic rings. The van der Waals surface area contributed by atoms with Crippen LogP contribution < -0.4 is 4.74 Å². The number of ether oxygens (including phenoxy) is 1. The Bertz CT molecular complexity index is 943. The highest BCUT2D eigenvalue weighted by Gasteiger charge is 2.42. The molecule has 0 radical (unpaired) electrons. The van der Waals surface area contributed by atoms with Crippen molar-refractivity contribution < 1.29 is 13.7 Å². The van der Waals surface area contributed by atoms with Gasteiger partial charge in [0.15, 0.2) is 5.58 Å². The molecule has 0 aliphatic carbocycles. The number of rotatable bonds is 4. The molecule has 0 saturated carbocycles. The molecule has 2 aromatic carbocycles. The van der Waals surface area contributed by atoms with Gasteiger partial charge in [-0.2, -0.15) is 0 Å². The van der Waals surface area contributed by atoms with Crippen molar-refractivity contribution in [2.45, 2.75) is 37.7 Å². The van der Waals surface area contributed by atoms with Crippen LogP contribution in [0.3, 0.4) is 0 Å². The number of fused-ring (bicyclic) bond motifs is 2. The van der Waals surface area contributed by atoms with Gasteiger partial charge in [0, 0.05) is 24.4 Å². The Balaban J connectivity index is 1.20. The van der Waals surface area contributed by atoms with Gasteiger partial charge in [0.25, 0.3) is 0 Å². The van der Waals surface area contributed by atoms with Gasteiger partial charge in [0.2, 0.25) is 0 Å². The number of piperidine rings is 1. The fourth-order valence-corrected chi connectivity index (χ4v) is 4.59. The summed E-state index contributed by atoms with van der Waals surface area (Å²) in [5, 5.41) is 5.05. The Morgan fingerprint density at radius 2 is 2.11 bits per heavy atom. The van der Waals surface area contributed by atoms with Gasteiger partial charge in [-0.3, -0.25) is 4.90 Å². The van der Waals surface area contributed by atoms with E-state index in [-0.39, 0.29) is 11.4 Å². The lowest BCUT2D eigenvalue weighted by atomic mass is 9.88. The van der Waals surface area contributed by atoms with E-state index in [0.717, 1.165) is 62.1 Å². The van der Waals surface area contributed by atoms with Crippen LogP contribution in [0.2, 0.25) is 0 Å². The molecular weight excluding hydrogens is 343 g/mol. The number of hydrogen-bond acceptors (Lipinski definition) is 4. The summed E-state index contributed by atoms with van der Waals surface area (Å²) < 4.78 is 24.9. The summed E-state index contributed by atoms with van der Waals surface area (Å²) in [6.45, 7) is 3.11. The van der Waals surface area contributed by atoms with E-state index < -0.39 is 0 Å². The van der Waals surface area contributed by atoms with Crippen molar-refractivity contribution in [2.75, 3.05) is 19.6 Å². The fourth-order valence-electron chi connectivity index (χ4n) is 4.59. The molecule has 0 N–H and O–H groups in total. The topological polar surface area (TPSA) is 38.5 Å². The third-order valence-electron chi connectivity index (χ3n) is 5.83. The highest BCUT2D eigenvalue weighted by molar-refractivity contribution is 5.79. The largest absolute Gasteiger partial charge is 0.485 e. The third kappa shape index (κ3) is 3.21. The van der Waals surface area contributed by atoms with E-state index in [9.17, 15) is 4.39 Å². The third-order valence-corrected chi connectivity index (χ3v) is 5.83. The van der Waals surface area contributed by atoms with Crippen molar-refractivity contribution in [2.24, 2.45) is 0 Å². The van der Waals surface area contributed by atoms with Crippen LogP contribution in [0.25, 0.3) is 11.0 Å². The zero-order chi connectivity index (χ0) is 18.3. The summed E-state index contributed by atoms with van der Waals surface area (Å²) in [5.74, 6) is 0.766. The molecule has 3 heterocycles.